The van der Waals surface area contributed by atoms with Gasteiger partial charge in [0, 0.05) is 55.2 Å². The Morgan fingerprint density at radius 3 is 0.674 bits per heavy atom. The Labute approximate surface area is 537 Å². The summed E-state index contributed by atoms with van der Waals surface area (Å²) in [5.41, 5.74) is 6.93. The van der Waals surface area contributed by atoms with E-state index in [1.54, 1.807) is 36.4 Å². The van der Waals surface area contributed by atoms with Crippen molar-refractivity contribution in [3.8, 4) is 17.2 Å². The first-order chi connectivity index (χ1) is 41.9. The largest absolute Gasteiger partial charge is 0.647 e. The first kappa shape index (κ1) is 77.0. The SMILES string of the molecule is CC(C)=CCCC(C)CC(=O)c1cccc(OP(=O)(Oc2cccc(C(=O)CC(C)CCC=C(C)C)c2C(=O)CC(C)CCC=C(C)C)Oc2cccc(C(=O)CC(C)CCC=C(C)C)c2C(=O)CC(C)CCC=C(C)C)c1C(=O)CC(C)CCC=C(C)C. The molecular formula is C78H111O10P. The predicted octanol–water partition coefficient (Wildman–Crippen LogP) is 23.1. The van der Waals surface area contributed by atoms with Crippen LogP contribution in [0, 0.1) is 35.5 Å². The van der Waals surface area contributed by atoms with Crippen LogP contribution in [0.3, 0.4) is 0 Å². The zero-order chi connectivity index (χ0) is 66.5. The molecule has 6 unspecified atom stereocenters. The standard InChI is InChI=1S/C78H111O10P/c1-52(2)28-19-34-58(13)46-67(79)64-40-25-43-73(76(64)70(82)49-61(16)37-22-31-55(7)8)86-89(85,87-74-44-26-41-65(68(80)47-59(14)35-20-29-53(3)4)77(74)71(83)50-62(17)38-23-32-56(9)10)88-75-45-27-42-66(69(81)48-60(15)36-21-30-54(5)6)78(75)72(84)51-63(18)39-24-33-57(11)12/h25-33,40-45,58-63H,19-24,34-39,46-51H2,1-18H3. The summed E-state index contributed by atoms with van der Waals surface area (Å²) in [4.78, 5) is 89.7. The smallest absolute Gasteiger partial charge is 0.385 e. The Hall–Kier alpha value is -6.25. The van der Waals surface area contributed by atoms with E-state index in [-0.39, 0.29) is 142 Å². The van der Waals surface area contributed by atoms with Crippen molar-refractivity contribution in [1.82, 2.24) is 0 Å². The second kappa shape index (κ2) is 39.1. The molecule has 488 valence electrons. The van der Waals surface area contributed by atoms with Crippen LogP contribution < -0.4 is 13.6 Å². The molecule has 0 aliphatic carbocycles. The number of phosphoric acid groups is 1. The maximum Gasteiger partial charge on any atom is 0.647 e. The summed E-state index contributed by atoms with van der Waals surface area (Å²) in [7, 11) is -5.41. The summed E-state index contributed by atoms with van der Waals surface area (Å²) < 4.78 is 36.8. The number of Topliss-reactive ketones (excluding diaryl/α,β-unsaturated/α-hetero) is 6. The highest BCUT2D eigenvalue weighted by Crippen LogP contribution is 2.53. The molecule has 11 heteroatoms. The molecule has 0 heterocycles. The molecule has 6 atom stereocenters. The molecule has 3 aromatic rings. The van der Waals surface area contributed by atoms with Gasteiger partial charge in [0.15, 0.2) is 34.7 Å². The van der Waals surface area contributed by atoms with Crippen LogP contribution in [-0.4, -0.2) is 34.7 Å². The Bertz CT molecular complexity index is 2770. The zero-order valence-corrected chi connectivity index (χ0v) is 58.8. The number of carbonyl (C=O) groups excluding carboxylic acids is 6. The van der Waals surface area contributed by atoms with Gasteiger partial charge >= 0.3 is 7.82 Å². The van der Waals surface area contributed by atoms with Gasteiger partial charge in [-0.1, -0.05) is 148 Å². The number of rotatable bonds is 42. The van der Waals surface area contributed by atoms with E-state index in [0.29, 0.717) is 19.3 Å². The van der Waals surface area contributed by atoms with E-state index in [1.807, 2.05) is 125 Å². The van der Waals surface area contributed by atoms with Crippen LogP contribution in [-0.2, 0) is 4.57 Å². The number of benzene rings is 3. The summed E-state index contributed by atoms with van der Waals surface area (Å²) in [6.45, 7) is 36.3. The minimum absolute atomic E-state index is 0.0160. The van der Waals surface area contributed by atoms with E-state index in [1.165, 1.54) is 34.9 Å². The molecule has 0 bridgehead atoms. The fourth-order valence-corrected chi connectivity index (χ4v) is 12.2. The number of allylic oxidation sites excluding steroid dienone is 12. The number of ketones is 6. The van der Waals surface area contributed by atoms with Crippen molar-refractivity contribution < 1.29 is 46.9 Å². The maximum atomic E-state index is 16.7. The highest BCUT2D eigenvalue weighted by atomic mass is 31.2. The normalized spacial score (nSPS) is 13.8. The van der Waals surface area contributed by atoms with E-state index >= 15 is 18.9 Å². The molecule has 0 radical (unpaired) electrons. The molecule has 0 amide bonds. The third-order valence-electron chi connectivity index (χ3n) is 15.9. The molecule has 0 aromatic heterocycles. The first-order valence-electron chi connectivity index (χ1n) is 33.0. The monoisotopic (exact) mass is 1240 g/mol. The quantitative estimate of drug-likeness (QED) is 0.0305. The minimum atomic E-state index is -5.41. The van der Waals surface area contributed by atoms with Crippen LogP contribution in [0.1, 0.15) is 302 Å². The molecule has 0 saturated carbocycles. The molecule has 0 N–H and O–H groups in total. The van der Waals surface area contributed by atoms with Gasteiger partial charge in [-0.2, -0.15) is 4.57 Å². The lowest BCUT2D eigenvalue weighted by Gasteiger charge is -2.25. The molecule has 0 aliphatic heterocycles. The van der Waals surface area contributed by atoms with Crippen molar-refractivity contribution in [1.29, 1.82) is 0 Å². The summed E-state index contributed by atoms with van der Waals surface area (Å²) in [5, 5.41) is 0. The molecule has 0 aliphatic rings. The fraction of sp³-hybridized carbons (Fsp3) is 0.538. The topological polar surface area (TPSA) is 147 Å². The number of hydrogen-bond donors (Lipinski definition) is 0. The number of carbonyl (C=O) groups is 6. The van der Waals surface area contributed by atoms with E-state index in [4.69, 9.17) is 13.6 Å². The van der Waals surface area contributed by atoms with Crippen molar-refractivity contribution in [2.45, 2.75) is 240 Å². The fourth-order valence-electron chi connectivity index (χ4n) is 10.9. The van der Waals surface area contributed by atoms with E-state index in [2.05, 4.69) is 36.5 Å². The lowest BCUT2D eigenvalue weighted by molar-refractivity contribution is 0.0924. The van der Waals surface area contributed by atoms with Gasteiger partial charge in [-0.15, -0.1) is 0 Å². The average molecular weight is 1240 g/mol. The number of hydrogen-bond acceptors (Lipinski definition) is 10. The van der Waals surface area contributed by atoms with Crippen LogP contribution in [0.2, 0.25) is 0 Å². The predicted molar refractivity (Wildman–Crippen MR) is 369 cm³/mol. The van der Waals surface area contributed by atoms with Crippen molar-refractivity contribution in [2.24, 2.45) is 35.5 Å². The minimum Gasteiger partial charge on any atom is -0.385 e. The molecule has 0 fully saturated rings. The van der Waals surface area contributed by atoms with Crippen LogP contribution in [0.15, 0.2) is 124 Å². The first-order valence-corrected chi connectivity index (χ1v) is 34.4. The molecule has 0 spiro atoms. The van der Waals surface area contributed by atoms with Gasteiger partial charge in [0.1, 0.15) is 17.2 Å². The highest BCUT2D eigenvalue weighted by molar-refractivity contribution is 7.49. The van der Waals surface area contributed by atoms with Crippen LogP contribution in [0.25, 0.3) is 0 Å². The average Bonchev–Trinajstić information content (AvgIpc) is 0.996. The van der Waals surface area contributed by atoms with Gasteiger partial charge in [-0.25, -0.2) is 0 Å². The third-order valence-corrected chi connectivity index (χ3v) is 17.2. The Morgan fingerprint density at radius 2 is 0.494 bits per heavy atom. The van der Waals surface area contributed by atoms with Gasteiger partial charge in [0.05, 0.1) is 16.7 Å². The maximum absolute atomic E-state index is 16.7. The molecule has 3 rings (SSSR count). The third kappa shape index (κ3) is 28.6. The lowest BCUT2D eigenvalue weighted by Crippen LogP contribution is -2.19. The van der Waals surface area contributed by atoms with Crippen LogP contribution >= 0.6 is 7.82 Å². The number of phosphoric ester groups is 1. The van der Waals surface area contributed by atoms with Gasteiger partial charge in [0.25, 0.3) is 0 Å². The zero-order valence-electron chi connectivity index (χ0n) is 57.9. The van der Waals surface area contributed by atoms with Gasteiger partial charge in [-0.3, -0.25) is 28.8 Å². The van der Waals surface area contributed by atoms with Crippen molar-refractivity contribution >= 4 is 42.5 Å². The molecule has 0 saturated heterocycles. The highest BCUT2D eigenvalue weighted by Gasteiger charge is 2.40. The second-order valence-electron chi connectivity index (χ2n) is 27.3. The van der Waals surface area contributed by atoms with E-state index < -0.39 is 25.2 Å². The molecular weight excluding hydrogens is 1130 g/mol. The van der Waals surface area contributed by atoms with Gasteiger partial charge in [0.2, 0.25) is 0 Å². The van der Waals surface area contributed by atoms with Crippen LogP contribution in [0.4, 0.5) is 0 Å². The Balaban J connectivity index is 2.54. The summed E-state index contributed by atoms with van der Waals surface area (Å²) in [6.07, 6.45) is 21.9. The van der Waals surface area contributed by atoms with Crippen molar-refractivity contribution in [3.63, 3.8) is 0 Å². The lowest BCUT2D eigenvalue weighted by atomic mass is 9.89. The molecule has 10 nitrogen and oxygen atoms in total. The van der Waals surface area contributed by atoms with E-state index in [0.717, 1.165) is 74.5 Å². The van der Waals surface area contributed by atoms with Crippen molar-refractivity contribution in [3.05, 3.63) is 158 Å². The molecule has 89 heavy (non-hydrogen) atoms. The molecule has 3 aromatic carbocycles. The van der Waals surface area contributed by atoms with E-state index in [9.17, 15) is 14.4 Å². The summed E-state index contributed by atoms with van der Waals surface area (Å²) in [5.74, 6) is -3.61. The van der Waals surface area contributed by atoms with Crippen molar-refractivity contribution in [2.75, 3.05) is 0 Å². The van der Waals surface area contributed by atoms with Gasteiger partial charge < -0.3 is 13.6 Å². The van der Waals surface area contributed by atoms with Gasteiger partial charge in [-0.05, 0) is 214 Å². The Kier molecular flexibility index (Phi) is 33.8. The van der Waals surface area contributed by atoms with Crippen LogP contribution in [0.5, 0.6) is 17.2 Å². The second-order valence-corrected chi connectivity index (χ2v) is 28.7. The summed E-state index contributed by atoms with van der Waals surface area (Å²) in [6, 6.07) is 13.8. The Morgan fingerprint density at radius 1 is 0.315 bits per heavy atom. The summed E-state index contributed by atoms with van der Waals surface area (Å²) >= 11 is 0.